The molecule has 4 rings (SSSR count). The predicted octanol–water partition coefficient (Wildman–Crippen LogP) is 3.66. The highest BCUT2D eigenvalue weighted by Gasteiger charge is 2.49. The van der Waals surface area contributed by atoms with E-state index in [1.807, 2.05) is 0 Å². The minimum Gasteiger partial charge on any atom is -0.497 e. The number of Topliss-reactive ketones (excluding diaryl/α,β-unsaturated/α-hetero) is 1. The van der Waals surface area contributed by atoms with Crippen LogP contribution >= 0.6 is 0 Å². The number of hydrogen-bond acceptors (Lipinski definition) is 6. The second-order valence-electron chi connectivity index (χ2n) is 8.42. The molecule has 2 aromatic carbocycles. The Morgan fingerprint density at radius 2 is 1.69 bits per heavy atom. The monoisotopic (exact) mass is 435 g/mol. The van der Waals surface area contributed by atoms with Crippen LogP contribution in [0.25, 0.3) is 0 Å². The molecule has 1 aliphatic heterocycles. The molecule has 1 saturated carbocycles. The molecule has 0 spiro atoms. The van der Waals surface area contributed by atoms with Gasteiger partial charge in [0, 0.05) is 5.56 Å². The molecule has 0 radical (unpaired) electrons. The van der Waals surface area contributed by atoms with Gasteiger partial charge in [0.25, 0.3) is 0 Å². The Labute approximate surface area is 186 Å². The fourth-order valence-corrected chi connectivity index (χ4v) is 4.48. The Balaban J connectivity index is 1.40. The maximum Gasteiger partial charge on any atom is 0.338 e. The van der Waals surface area contributed by atoms with E-state index in [0.717, 1.165) is 19.3 Å². The molecule has 2 amide bonds. The van der Waals surface area contributed by atoms with Crippen molar-refractivity contribution in [3.8, 4) is 5.75 Å². The average Bonchev–Trinajstić information content (AvgIpc) is 3.06. The van der Waals surface area contributed by atoms with Crippen LogP contribution in [0.4, 0.5) is 5.69 Å². The number of rotatable bonds is 6. The van der Waals surface area contributed by atoms with E-state index < -0.39 is 12.6 Å². The summed E-state index contributed by atoms with van der Waals surface area (Å²) < 4.78 is 10.2. The van der Waals surface area contributed by atoms with Gasteiger partial charge in [0.1, 0.15) is 5.75 Å². The summed E-state index contributed by atoms with van der Waals surface area (Å²) in [6, 6.07) is 12.7. The van der Waals surface area contributed by atoms with Crippen LogP contribution in [-0.4, -0.2) is 37.3 Å². The van der Waals surface area contributed by atoms with E-state index in [9.17, 15) is 19.2 Å². The number of ether oxygens (including phenoxy) is 2. The summed E-state index contributed by atoms with van der Waals surface area (Å²) in [5.41, 5.74) is 1.07. The first-order valence-electron chi connectivity index (χ1n) is 10.7. The van der Waals surface area contributed by atoms with Gasteiger partial charge in [-0.05, 0) is 61.6 Å². The molecule has 7 heteroatoms. The third-order valence-electron chi connectivity index (χ3n) is 6.27. The van der Waals surface area contributed by atoms with Crippen molar-refractivity contribution in [2.75, 3.05) is 18.6 Å². The lowest BCUT2D eigenvalue weighted by atomic mass is 9.76. The van der Waals surface area contributed by atoms with Gasteiger partial charge in [-0.25, -0.2) is 4.79 Å². The fourth-order valence-electron chi connectivity index (χ4n) is 4.48. The molecule has 0 N–H and O–H groups in total. The number of amides is 2. The van der Waals surface area contributed by atoms with Gasteiger partial charge in [0.15, 0.2) is 12.4 Å². The van der Waals surface area contributed by atoms with Gasteiger partial charge in [-0.1, -0.05) is 19.1 Å². The zero-order valence-electron chi connectivity index (χ0n) is 18.1. The second-order valence-corrected chi connectivity index (χ2v) is 8.42. The number of imide groups is 1. The van der Waals surface area contributed by atoms with Crippen LogP contribution in [0.1, 0.15) is 46.9 Å². The summed E-state index contributed by atoms with van der Waals surface area (Å²) in [4.78, 5) is 51.5. The molecule has 0 aromatic heterocycles. The molecule has 1 saturated heterocycles. The zero-order chi connectivity index (χ0) is 22.8. The van der Waals surface area contributed by atoms with Crippen LogP contribution in [0.3, 0.4) is 0 Å². The van der Waals surface area contributed by atoms with E-state index in [0.29, 0.717) is 22.9 Å². The van der Waals surface area contributed by atoms with E-state index in [4.69, 9.17) is 9.47 Å². The smallest absolute Gasteiger partial charge is 0.338 e. The molecular weight excluding hydrogens is 410 g/mol. The maximum atomic E-state index is 12.8. The van der Waals surface area contributed by atoms with Crippen molar-refractivity contribution in [1.29, 1.82) is 0 Å². The first-order valence-corrected chi connectivity index (χ1v) is 10.7. The van der Waals surface area contributed by atoms with Crippen LogP contribution in [0.2, 0.25) is 0 Å². The van der Waals surface area contributed by atoms with Crippen molar-refractivity contribution in [3.63, 3.8) is 0 Å². The van der Waals surface area contributed by atoms with Crippen LogP contribution < -0.4 is 9.64 Å². The van der Waals surface area contributed by atoms with Crippen LogP contribution in [0.5, 0.6) is 5.75 Å². The molecule has 2 aliphatic rings. The summed E-state index contributed by atoms with van der Waals surface area (Å²) >= 11 is 0. The van der Waals surface area contributed by atoms with E-state index in [1.54, 1.807) is 36.4 Å². The summed E-state index contributed by atoms with van der Waals surface area (Å²) in [7, 11) is 1.50. The Morgan fingerprint density at radius 3 is 2.41 bits per heavy atom. The van der Waals surface area contributed by atoms with Crippen molar-refractivity contribution >= 4 is 29.3 Å². The first-order chi connectivity index (χ1) is 15.4. The number of hydrogen-bond donors (Lipinski definition) is 0. The number of fused-ring (bicyclic) bond motifs is 1. The molecule has 0 unspecified atom stereocenters. The van der Waals surface area contributed by atoms with Crippen LogP contribution in [-0.2, 0) is 14.3 Å². The Bertz CT molecular complexity index is 1060. The highest BCUT2D eigenvalue weighted by Crippen LogP contribution is 2.42. The number of carbonyl (C=O) groups excluding carboxylic acids is 4. The largest absolute Gasteiger partial charge is 0.497 e. The summed E-state index contributed by atoms with van der Waals surface area (Å²) in [6.45, 7) is 1.70. The van der Waals surface area contributed by atoms with Crippen LogP contribution in [0, 0.1) is 17.8 Å². The number of benzene rings is 2. The van der Waals surface area contributed by atoms with Crippen molar-refractivity contribution in [2.24, 2.45) is 17.8 Å². The molecule has 1 heterocycles. The van der Waals surface area contributed by atoms with Gasteiger partial charge < -0.3 is 9.47 Å². The number of anilines is 1. The molecule has 2 fully saturated rings. The molecule has 32 heavy (non-hydrogen) atoms. The third-order valence-corrected chi connectivity index (χ3v) is 6.27. The number of nitrogens with zero attached hydrogens (tertiary/aromatic N) is 1. The minimum absolute atomic E-state index is 0.161. The average molecular weight is 435 g/mol. The van der Waals surface area contributed by atoms with Crippen molar-refractivity contribution in [1.82, 2.24) is 0 Å². The van der Waals surface area contributed by atoms with Gasteiger partial charge in [0.05, 0.1) is 30.2 Å². The highest BCUT2D eigenvalue weighted by molar-refractivity contribution is 6.22. The lowest BCUT2D eigenvalue weighted by molar-refractivity contribution is -0.122. The van der Waals surface area contributed by atoms with Crippen molar-refractivity contribution in [3.05, 3.63) is 59.7 Å². The molecule has 0 bridgehead atoms. The highest BCUT2D eigenvalue weighted by atomic mass is 16.5. The summed E-state index contributed by atoms with van der Waals surface area (Å²) in [6.07, 6.45) is 2.42. The summed E-state index contributed by atoms with van der Waals surface area (Å²) in [5.74, 6) is -0.850. The van der Waals surface area contributed by atoms with Crippen molar-refractivity contribution in [2.45, 2.75) is 26.2 Å². The first kappa shape index (κ1) is 21.7. The quantitative estimate of drug-likeness (QED) is 0.391. The topological polar surface area (TPSA) is 90.0 Å². The summed E-state index contributed by atoms with van der Waals surface area (Å²) in [5, 5.41) is 0. The lowest BCUT2D eigenvalue weighted by Crippen LogP contribution is -2.30. The van der Waals surface area contributed by atoms with Gasteiger partial charge in [0.2, 0.25) is 11.8 Å². The van der Waals surface area contributed by atoms with Gasteiger partial charge in [-0.2, -0.15) is 0 Å². The fraction of sp³-hybridized carbons (Fsp3) is 0.360. The standard InChI is InChI=1S/C25H25NO6/c1-15-6-11-20-21(12-15)24(29)26(23(20)28)18-9-7-16(8-10-18)25(30)32-14-22(27)17-4-3-5-19(13-17)31-2/h3-5,7-10,13,15,20-21H,6,11-12,14H2,1-2H3/t15-,20+,21-/m1/s1. The molecular formula is C25H25NO6. The number of ketones is 1. The third kappa shape index (κ3) is 4.15. The minimum atomic E-state index is -0.658. The molecule has 2 aromatic rings. The van der Waals surface area contributed by atoms with Gasteiger partial charge >= 0.3 is 5.97 Å². The van der Waals surface area contributed by atoms with Gasteiger partial charge in [-0.15, -0.1) is 0 Å². The number of carbonyl (C=O) groups is 4. The molecule has 166 valence electrons. The zero-order valence-corrected chi connectivity index (χ0v) is 18.1. The van der Waals surface area contributed by atoms with E-state index in [1.165, 1.54) is 24.1 Å². The molecule has 3 atom stereocenters. The van der Waals surface area contributed by atoms with Crippen LogP contribution in [0.15, 0.2) is 48.5 Å². The SMILES string of the molecule is COc1cccc(C(=O)COC(=O)c2ccc(N3C(=O)[C@H]4CC[C@@H](C)C[C@H]4C3=O)cc2)c1. The van der Waals surface area contributed by atoms with E-state index in [-0.39, 0.29) is 35.0 Å². The Morgan fingerprint density at radius 1 is 0.969 bits per heavy atom. The second kappa shape index (κ2) is 8.94. The predicted molar refractivity (Wildman–Crippen MR) is 117 cm³/mol. The van der Waals surface area contributed by atoms with E-state index >= 15 is 0 Å². The Hall–Kier alpha value is -3.48. The molecule has 7 nitrogen and oxygen atoms in total. The lowest BCUT2D eigenvalue weighted by Gasteiger charge is -2.25. The van der Waals surface area contributed by atoms with Crippen molar-refractivity contribution < 1.29 is 28.7 Å². The number of esters is 1. The number of methoxy groups -OCH3 is 1. The Kier molecular flexibility index (Phi) is 6.08. The molecule has 1 aliphatic carbocycles. The van der Waals surface area contributed by atoms with Gasteiger partial charge in [-0.3, -0.25) is 19.3 Å². The normalized spacial score (nSPS) is 22.4. The maximum absolute atomic E-state index is 12.8. The van der Waals surface area contributed by atoms with E-state index in [2.05, 4.69) is 6.92 Å².